The maximum absolute atomic E-state index is 13.1. The topological polar surface area (TPSA) is 82.9 Å². The van der Waals surface area contributed by atoms with Crippen LogP contribution in [0.15, 0.2) is 59.0 Å². The Labute approximate surface area is 173 Å². The molecule has 0 bridgehead atoms. The summed E-state index contributed by atoms with van der Waals surface area (Å²) in [6, 6.07) is 16.6. The Kier molecular flexibility index (Phi) is 4.13. The molecule has 3 heterocycles. The number of fused-ring (bicyclic) bond motifs is 2. The Balaban J connectivity index is 1.35. The van der Waals surface area contributed by atoms with Crippen LogP contribution in [0.1, 0.15) is 23.8 Å². The Morgan fingerprint density at radius 1 is 1.10 bits per heavy atom. The molecule has 1 fully saturated rings. The van der Waals surface area contributed by atoms with E-state index < -0.39 is 17.5 Å². The number of carbonyl (C=O) groups excluding carboxylic acids is 3. The first-order chi connectivity index (χ1) is 14.5. The molecule has 1 atom stereocenters. The van der Waals surface area contributed by atoms with E-state index >= 15 is 0 Å². The van der Waals surface area contributed by atoms with Crippen molar-refractivity contribution in [1.29, 1.82) is 0 Å². The van der Waals surface area contributed by atoms with Gasteiger partial charge in [-0.1, -0.05) is 42.5 Å². The van der Waals surface area contributed by atoms with Crippen LogP contribution in [0.5, 0.6) is 0 Å². The van der Waals surface area contributed by atoms with Crippen LogP contribution in [0.25, 0.3) is 11.0 Å². The molecule has 0 radical (unpaired) electrons. The van der Waals surface area contributed by atoms with Crippen molar-refractivity contribution in [3.8, 4) is 0 Å². The molecule has 30 heavy (non-hydrogen) atoms. The zero-order valence-electron chi connectivity index (χ0n) is 16.6. The minimum Gasteiger partial charge on any atom is -0.458 e. The van der Waals surface area contributed by atoms with Crippen molar-refractivity contribution in [3.63, 3.8) is 0 Å². The summed E-state index contributed by atoms with van der Waals surface area (Å²) in [4.78, 5) is 41.3. The average Bonchev–Trinajstić information content (AvgIpc) is 3.29. The van der Waals surface area contributed by atoms with Gasteiger partial charge in [-0.3, -0.25) is 14.5 Å². The molecule has 152 valence electrons. The molecule has 7 heteroatoms. The number of urea groups is 1. The molecule has 3 aromatic rings. The van der Waals surface area contributed by atoms with Crippen LogP contribution in [0.2, 0.25) is 0 Å². The van der Waals surface area contributed by atoms with Crippen LogP contribution in [-0.2, 0) is 28.1 Å². The number of benzene rings is 2. The zero-order valence-corrected chi connectivity index (χ0v) is 16.6. The minimum atomic E-state index is -1.34. The highest BCUT2D eigenvalue weighted by Gasteiger charge is 2.52. The van der Waals surface area contributed by atoms with Crippen LogP contribution in [0.3, 0.4) is 0 Å². The van der Waals surface area contributed by atoms with Crippen molar-refractivity contribution in [3.05, 3.63) is 71.5 Å². The molecule has 0 saturated carbocycles. The number of rotatable bonds is 3. The van der Waals surface area contributed by atoms with Gasteiger partial charge in [0.25, 0.3) is 5.91 Å². The lowest BCUT2D eigenvalue weighted by Gasteiger charge is -2.30. The van der Waals surface area contributed by atoms with E-state index in [0.29, 0.717) is 24.4 Å². The Morgan fingerprint density at radius 3 is 2.63 bits per heavy atom. The summed E-state index contributed by atoms with van der Waals surface area (Å²) < 4.78 is 5.82. The first kappa shape index (κ1) is 18.4. The summed E-state index contributed by atoms with van der Waals surface area (Å²) in [5.74, 6) is -0.386. The van der Waals surface area contributed by atoms with Gasteiger partial charge in [-0.15, -0.1) is 0 Å². The van der Waals surface area contributed by atoms with Gasteiger partial charge in [0.15, 0.2) is 5.54 Å². The molecule has 0 spiro atoms. The molecular weight excluding hydrogens is 382 g/mol. The van der Waals surface area contributed by atoms with E-state index in [0.717, 1.165) is 22.3 Å². The van der Waals surface area contributed by atoms with E-state index in [9.17, 15) is 14.4 Å². The largest absolute Gasteiger partial charge is 0.458 e. The Bertz CT molecular complexity index is 1150. The van der Waals surface area contributed by atoms with Crippen molar-refractivity contribution in [2.24, 2.45) is 0 Å². The van der Waals surface area contributed by atoms with Gasteiger partial charge in [0, 0.05) is 18.5 Å². The van der Waals surface area contributed by atoms with Crippen molar-refractivity contribution in [1.82, 2.24) is 15.1 Å². The summed E-state index contributed by atoms with van der Waals surface area (Å²) >= 11 is 0. The molecular formula is C23H21N3O4. The van der Waals surface area contributed by atoms with E-state index in [1.807, 2.05) is 36.4 Å². The highest BCUT2D eigenvalue weighted by Crippen LogP contribution is 2.33. The van der Waals surface area contributed by atoms with Gasteiger partial charge in [0.1, 0.15) is 17.9 Å². The van der Waals surface area contributed by atoms with Crippen molar-refractivity contribution < 1.29 is 18.8 Å². The Hall–Kier alpha value is -3.61. The lowest BCUT2D eigenvalue weighted by atomic mass is 9.98. The van der Waals surface area contributed by atoms with Crippen molar-refractivity contribution >= 4 is 28.8 Å². The number of para-hydroxylation sites is 1. The summed E-state index contributed by atoms with van der Waals surface area (Å²) in [5.41, 5.74) is 1.62. The third kappa shape index (κ3) is 2.85. The molecule has 2 aromatic carbocycles. The van der Waals surface area contributed by atoms with Crippen molar-refractivity contribution in [2.45, 2.75) is 25.4 Å². The lowest BCUT2D eigenvalue weighted by Crippen LogP contribution is -2.45. The summed E-state index contributed by atoms with van der Waals surface area (Å²) in [6.45, 7) is 2.37. The molecule has 0 aliphatic carbocycles. The average molecular weight is 403 g/mol. The van der Waals surface area contributed by atoms with Crippen LogP contribution >= 0.6 is 0 Å². The highest BCUT2D eigenvalue weighted by atomic mass is 16.3. The summed E-state index contributed by atoms with van der Waals surface area (Å²) in [5, 5.41) is 3.55. The van der Waals surface area contributed by atoms with Gasteiger partial charge in [0.05, 0.1) is 0 Å². The van der Waals surface area contributed by atoms with Crippen LogP contribution < -0.4 is 5.32 Å². The van der Waals surface area contributed by atoms with E-state index in [-0.39, 0.29) is 12.5 Å². The third-order valence-electron chi connectivity index (χ3n) is 5.97. The molecule has 2 aliphatic heterocycles. The predicted octanol–water partition coefficient (Wildman–Crippen LogP) is 2.78. The first-order valence-corrected chi connectivity index (χ1v) is 9.93. The summed E-state index contributed by atoms with van der Waals surface area (Å²) in [6.07, 6.45) is 0.763. The molecule has 1 aromatic heterocycles. The molecule has 1 saturated heterocycles. The SMILES string of the molecule is C[C@@]1(c2cc3ccccc3o2)NC(=O)N(CC(=O)N2CCc3ccccc3C2)C1=O. The standard InChI is InChI=1S/C23H21N3O4/c1-23(19-12-16-7-4-5-9-18(16)30-19)21(28)26(22(29)24-23)14-20(27)25-11-10-15-6-2-3-8-17(15)13-25/h2-9,12H,10-11,13-14H2,1H3,(H,24,29)/t23-/m0/s1. The monoisotopic (exact) mass is 403 g/mol. The minimum absolute atomic E-state index is 0.248. The fourth-order valence-corrected chi connectivity index (χ4v) is 4.18. The second kappa shape index (κ2) is 6.73. The van der Waals surface area contributed by atoms with Gasteiger partial charge in [-0.25, -0.2) is 4.79 Å². The van der Waals surface area contributed by atoms with Crippen LogP contribution in [0, 0.1) is 0 Å². The number of imide groups is 1. The molecule has 2 aliphatic rings. The second-order valence-electron chi connectivity index (χ2n) is 7.93. The number of nitrogens with zero attached hydrogens (tertiary/aromatic N) is 2. The molecule has 5 rings (SSSR count). The number of carbonyl (C=O) groups is 3. The number of hydrogen-bond acceptors (Lipinski definition) is 4. The van der Waals surface area contributed by atoms with Gasteiger partial charge in [-0.2, -0.15) is 0 Å². The zero-order chi connectivity index (χ0) is 20.9. The fraction of sp³-hybridized carbons (Fsp3) is 0.261. The molecule has 0 unspecified atom stereocenters. The number of nitrogens with one attached hydrogen (secondary N) is 1. The third-order valence-corrected chi connectivity index (χ3v) is 5.97. The Morgan fingerprint density at radius 2 is 1.83 bits per heavy atom. The van der Waals surface area contributed by atoms with E-state index in [2.05, 4.69) is 11.4 Å². The van der Waals surface area contributed by atoms with E-state index in [4.69, 9.17) is 4.42 Å². The maximum Gasteiger partial charge on any atom is 0.325 e. The number of amides is 4. The van der Waals surface area contributed by atoms with Gasteiger partial charge < -0.3 is 14.6 Å². The van der Waals surface area contributed by atoms with Crippen LogP contribution in [0.4, 0.5) is 4.79 Å². The maximum atomic E-state index is 13.1. The van der Waals surface area contributed by atoms with E-state index in [1.54, 1.807) is 24.0 Å². The molecule has 4 amide bonds. The number of hydrogen-bond donors (Lipinski definition) is 1. The van der Waals surface area contributed by atoms with Crippen molar-refractivity contribution in [2.75, 3.05) is 13.1 Å². The lowest BCUT2D eigenvalue weighted by molar-refractivity contribution is -0.139. The quantitative estimate of drug-likeness (QED) is 0.682. The smallest absolute Gasteiger partial charge is 0.325 e. The summed E-state index contributed by atoms with van der Waals surface area (Å²) in [7, 11) is 0. The predicted molar refractivity (Wildman–Crippen MR) is 109 cm³/mol. The van der Waals surface area contributed by atoms with Crippen LogP contribution in [-0.4, -0.2) is 40.7 Å². The fourth-order valence-electron chi connectivity index (χ4n) is 4.18. The molecule has 7 nitrogen and oxygen atoms in total. The van der Waals surface area contributed by atoms with E-state index in [1.165, 1.54) is 5.56 Å². The normalized spacial score (nSPS) is 21.1. The van der Waals surface area contributed by atoms with Gasteiger partial charge >= 0.3 is 6.03 Å². The highest BCUT2D eigenvalue weighted by molar-refractivity contribution is 6.09. The molecule has 1 N–H and O–H groups in total. The number of furan rings is 1. The second-order valence-corrected chi connectivity index (χ2v) is 7.93. The first-order valence-electron chi connectivity index (χ1n) is 9.93. The van der Waals surface area contributed by atoms with Gasteiger partial charge in [-0.05, 0) is 36.6 Å². The van der Waals surface area contributed by atoms with Gasteiger partial charge in [0.2, 0.25) is 5.91 Å².